The fourth-order valence-electron chi connectivity index (χ4n) is 4.38. The maximum atomic E-state index is 12.2. The van der Waals surface area contributed by atoms with Crippen LogP contribution >= 0.6 is 0 Å². The fourth-order valence-corrected chi connectivity index (χ4v) is 4.38. The first-order chi connectivity index (χ1) is 16.4. The van der Waals surface area contributed by atoms with E-state index in [1.807, 2.05) is 54.7 Å². The van der Waals surface area contributed by atoms with Gasteiger partial charge in [-0.05, 0) is 69.2 Å². The molecule has 5 heteroatoms. The number of hydrogen-bond donors (Lipinski definition) is 0. The average molecular weight is 454 g/mol. The number of carbonyl (C=O) groups is 1. The standard InChI is InChI=1S/C29H31N3O2/c1-6-26-17-16-22(4)32(26)28-19-25(18-27(30-28)31-20(2)14-15-21(31)3)29(34-23(5)33)24-12-10-8-7-9-11-13-24/h7-19,29H,6H2,1-5H3/b8-7-,9-7?,10-8?,11-9-,12-10-,13-11?,24-12?,24-13+. The highest BCUT2D eigenvalue weighted by molar-refractivity contribution is 5.67. The molecule has 0 aromatic carbocycles. The van der Waals surface area contributed by atoms with Crippen LogP contribution in [0.2, 0.25) is 0 Å². The lowest BCUT2D eigenvalue weighted by Crippen LogP contribution is -2.14. The van der Waals surface area contributed by atoms with E-state index in [1.165, 1.54) is 12.6 Å². The number of aryl methyl sites for hydroxylation is 4. The number of ether oxygens (including phenoxy) is 1. The topological polar surface area (TPSA) is 49.0 Å². The van der Waals surface area contributed by atoms with E-state index in [0.29, 0.717) is 0 Å². The molecule has 0 aliphatic heterocycles. The third-order valence-corrected chi connectivity index (χ3v) is 5.98. The van der Waals surface area contributed by atoms with E-state index in [0.717, 1.165) is 46.3 Å². The van der Waals surface area contributed by atoms with Gasteiger partial charge in [-0.15, -0.1) is 0 Å². The third kappa shape index (κ3) is 4.74. The van der Waals surface area contributed by atoms with E-state index in [2.05, 4.69) is 61.1 Å². The molecule has 0 amide bonds. The van der Waals surface area contributed by atoms with Crippen LogP contribution in [0.25, 0.3) is 11.6 Å². The van der Waals surface area contributed by atoms with Gasteiger partial charge in [0.15, 0.2) is 6.10 Å². The number of esters is 1. The van der Waals surface area contributed by atoms with Gasteiger partial charge in [0.1, 0.15) is 11.6 Å². The van der Waals surface area contributed by atoms with Gasteiger partial charge in [0.05, 0.1) is 0 Å². The summed E-state index contributed by atoms with van der Waals surface area (Å²) >= 11 is 0. The lowest BCUT2D eigenvalue weighted by atomic mass is 9.99. The maximum Gasteiger partial charge on any atom is 0.303 e. The Morgan fingerprint density at radius 2 is 1.47 bits per heavy atom. The summed E-state index contributed by atoms with van der Waals surface area (Å²) in [7, 11) is 0. The Bertz CT molecular complexity index is 1310. The molecule has 1 aliphatic carbocycles. The molecule has 34 heavy (non-hydrogen) atoms. The molecular formula is C29H31N3O2. The molecule has 1 unspecified atom stereocenters. The first kappa shape index (κ1) is 23.3. The van der Waals surface area contributed by atoms with Crippen molar-refractivity contribution in [1.82, 2.24) is 14.1 Å². The number of aromatic nitrogens is 3. The van der Waals surface area contributed by atoms with Gasteiger partial charge in [-0.3, -0.25) is 4.79 Å². The van der Waals surface area contributed by atoms with Gasteiger partial charge in [-0.2, -0.15) is 0 Å². The van der Waals surface area contributed by atoms with Crippen molar-refractivity contribution in [2.45, 2.75) is 47.1 Å². The van der Waals surface area contributed by atoms with Crippen LogP contribution in [0.4, 0.5) is 0 Å². The van der Waals surface area contributed by atoms with E-state index < -0.39 is 6.10 Å². The lowest BCUT2D eigenvalue weighted by Gasteiger charge is -2.22. The predicted molar refractivity (Wildman–Crippen MR) is 136 cm³/mol. The Labute approximate surface area is 201 Å². The van der Waals surface area contributed by atoms with E-state index in [1.54, 1.807) is 0 Å². The van der Waals surface area contributed by atoms with Crippen LogP contribution < -0.4 is 0 Å². The molecular weight excluding hydrogens is 422 g/mol. The second kappa shape index (κ2) is 9.96. The van der Waals surface area contributed by atoms with Crippen LogP contribution in [0.1, 0.15) is 48.3 Å². The third-order valence-electron chi connectivity index (χ3n) is 5.98. The molecule has 174 valence electrons. The van der Waals surface area contributed by atoms with Gasteiger partial charge in [-0.1, -0.05) is 49.5 Å². The molecule has 4 rings (SSSR count). The Morgan fingerprint density at radius 1 is 0.882 bits per heavy atom. The molecule has 0 saturated carbocycles. The number of carbonyl (C=O) groups excluding carboxylic acids is 1. The van der Waals surface area contributed by atoms with Crippen LogP contribution in [-0.4, -0.2) is 20.1 Å². The van der Waals surface area contributed by atoms with E-state index in [-0.39, 0.29) is 5.97 Å². The summed E-state index contributed by atoms with van der Waals surface area (Å²) in [5.74, 6) is 1.27. The molecule has 3 aromatic rings. The Kier molecular flexibility index (Phi) is 6.82. The van der Waals surface area contributed by atoms with Crippen molar-refractivity contribution < 1.29 is 9.53 Å². The van der Waals surface area contributed by atoms with Gasteiger partial charge >= 0.3 is 5.97 Å². The molecule has 1 atom stereocenters. The second-order valence-corrected chi connectivity index (χ2v) is 8.51. The zero-order valence-corrected chi connectivity index (χ0v) is 20.4. The number of rotatable bonds is 6. The summed E-state index contributed by atoms with van der Waals surface area (Å²) in [6.45, 7) is 9.81. The van der Waals surface area contributed by atoms with Gasteiger partial charge in [0, 0.05) is 35.3 Å². The summed E-state index contributed by atoms with van der Waals surface area (Å²) in [5.41, 5.74) is 6.23. The molecule has 0 bridgehead atoms. The number of pyridine rings is 1. The van der Waals surface area contributed by atoms with Gasteiger partial charge in [0.2, 0.25) is 0 Å². The van der Waals surface area contributed by atoms with E-state index in [4.69, 9.17) is 9.72 Å². The highest BCUT2D eigenvalue weighted by Crippen LogP contribution is 2.32. The van der Waals surface area contributed by atoms with Crippen molar-refractivity contribution in [2.75, 3.05) is 0 Å². The number of nitrogens with zero attached hydrogens (tertiary/aromatic N) is 3. The summed E-state index contributed by atoms with van der Waals surface area (Å²) < 4.78 is 10.2. The minimum absolute atomic E-state index is 0.333. The van der Waals surface area contributed by atoms with Gasteiger partial charge in [-0.25, -0.2) is 4.98 Å². The quantitative estimate of drug-likeness (QED) is 0.408. The predicted octanol–water partition coefficient (Wildman–Crippen LogP) is 6.36. The highest BCUT2D eigenvalue weighted by Gasteiger charge is 2.22. The normalized spacial score (nSPS) is 18.3. The molecule has 0 fully saturated rings. The molecule has 1 aliphatic rings. The molecule has 3 aromatic heterocycles. The largest absolute Gasteiger partial charge is 0.453 e. The van der Waals surface area contributed by atoms with Crippen molar-refractivity contribution in [3.63, 3.8) is 0 Å². The van der Waals surface area contributed by atoms with Crippen molar-refractivity contribution >= 4 is 5.97 Å². The number of hydrogen-bond acceptors (Lipinski definition) is 3. The zero-order chi connectivity index (χ0) is 24.2. The minimum Gasteiger partial charge on any atom is -0.453 e. The molecule has 5 nitrogen and oxygen atoms in total. The Hall–Kier alpha value is -3.86. The van der Waals surface area contributed by atoms with E-state index >= 15 is 0 Å². The molecule has 0 N–H and O–H groups in total. The number of allylic oxidation sites excluding steroid dienone is 6. The van der Waals surface area contributed by atoms with Crippen LogP contribution in [0, 0.1) is 20.8 Å². The van der Waals surface area contributed by atoms with Crippen LogP contribution in [0.5, 0.6) is 0 Å². The van der Waals surface area contributed by atoms with Crippen molar-refractivity contribution in [3.05, 3.63) is 113 Å². The summed E-state index contributed by atoms with van der Waals surface area (Å²) in [6, 6.07) is 12.5. The summed E-state index contributed by atoms with van der Waals surface area (Å²) in [6.07, 6.45) is 14.1. The molecule has 0 radical (unpaired) electrons. The minimum atomic E-state index is -0.567. The summed E-state index contributed by atoms with van der Waals surface area (Å²) in [4.78, 5) is 17.3. The van der Waals surface area contributed by atoms with E-state index in [9.17, 15) is 4.79 Å². The van der Waals surface area contributed by atoms with Crippen LogP contribution in [-0.2, 0) is 16.0 Å². The second-order valence-electron chi connectivity index (χ2n) is 8.51. The fraction of sp³-hybridized carbons (Fsp3) is 0.241. The smallest absolute Gasteiger partial charge is 0.303 e. The van der Waals surface area contributed by atoms with Gasteiger partial charge < -0.3 is 13.9 Å². The monoisotopic (exact) mass is 453 g/mol. The first-order valence-corrected chi connectivity index (χ1v) is 11.6. The molecule has 0 spiro atoms. The Morgan fingerprint density at radius 3 is 2.15 bits per heavy atom. The molecule has 3 heterocycles. The van der Waals surface area contributed by atoms with Crippen LogP contribution in [0.3, 0.4) is 0 Å². The lowest BCUT2D eigenvalue weighted by molar-refractivity contribution is -0.144. The van der Waals surface area contributed by atoms with Gasteiger partial charge in [0.25, 0.3) is 0 Å². The SMILES string of the molecule is CCc1ccc(C)n1-c1cc(C(OC(C)=O)C2=C/C=C\C=C/C=C\2)cc(-n2c(C)ccc2C)n1. The van der Waals surface area contributed by atoms with Crippen molar-refractivity contribution in [3.8, 4) is 11.6 Å². The highest BCUT2D eigenvalue weighted by atomic mass is 16.5. The first-order valence-electron chi connectivity index (χ1n) is 11.6. The van der Waals surface area contributed by atoms with Crippen molar-refractivity contribution in [2.24, 2.45) is 0 Å². The summed E-state index contributed by atoms with van der Waals surface area (Å²) in [5, 5.41) is 0. The average Bonchev–Trinajstić information content (AvgIpc) is 3.32. The van der Waals surface area contributed by atoms with Crippen molar-refractivity contribution in [1.29, 1.82) is 0 Å². The maximum absolute atomic E-state index is 12.2. The Balaban J connectivity index is 1.97. The zero-order valence-electron chi connectivity index (χ0n) is 20.4. The molecule has 0 saturated heterocycles. The van der Waals surface area contributed by atoms with Crippen LogP contribution in [0.15, 0.2) is 84.5 Å².